The number of carbonyl (C=O) groups excluding carboxylic acids is 2. The van der Waals surface area contributed by atoms with Crippen molar-refractivity contribution in [2.45, 2.75) is 0 Å². The lowest BCUT2D eigenvalue weighted by atomic mass is 10.1. The topological polar surface area (TPSA) is 107 Å². The Labute approximate surface area is 163 Å². The van der Waals surface area contributed by atoms with E-state index < -0.39 is 10.0 Å². The zero-order valence-electron chi connectivity index (χ0n) is 15.3. The lowest BCUT2D eigenvalue weighted by Crippen LogP contribution is -2.50. The maximum absolute atomic E-state index is 12.6. The molecule has 8 nitrogen and oxygen atoms in total. The van der Waals surface area contributed by atoms with Crippen LogP contribution in [0.15, 0.2) is 48.5 Å². The summed E-state index contributed by atoms with van der Waals surface area (Å²) < 4.78 is 24.8. The number of nitrogens with zero attached hydrogens (tertiary/aromatic N) is 2. The Bertz CT molecular complexity index is 981. The fourth-order valence-electron chi connectivity index (χ4n) is 3.01. The summed E-state index contributed by atoms with van der Waals surface area (Å²) in [6.07, 6.45) is 1.06. The molecule has 2 aromatic rings. The predicted molar refractivity (Wildman–Crippen MR) is 105 cm³/mol. The van der Waals surface area contributed by atoms with Crippen molar-refractivity contribution >= 4 is 27.5 Å². The fourth-order valence-corrected chi connectivity index (χ4v) is 3.58. The Morgan fingerprint density at radius 1 is 0.893 bits per heavy atom. The van der Waals surface area contributed by atoms with E-state index in [1.807, 2.05) is 0 Å². The molecular weight excluding hydrogens is 382 g/mol. The molecule has 2 N–H and O–H groups in total. The summed E-state index contributed by atoms with van der Waals surface area (Å²) in [7, 11) is -3.37. The van der Waals surface area contributed by atoms with Crippen LogP contribution < -0.4 is 4.72 Å². The first kappa shape index (κ1) is 19.7. The zero-order chi connectivity index (χ0) is 20.3. The molecule has 1 fully saturated rings. The number of piperazine rings is 1. The number of nitrogens with one attached hydrogen (secondary N) is 1. The van der Waals surface area contributed by atoms with Crippen LogP contribution >= 0.6 is 0 Å². The summed E-state index contributed by atoms with van der Waals surface area (Å²) in [5.41, 5.74) is 1.08. The van der Waals surface area contributed by atoms with Crippen LogP contribution in [0.1, 0.15) is 20.7 Å². The maximum atomic E-state index is 12.6. The molecule has 0 radical (unpaired) electrons. The number of hydrogen-bond acceptors (Lipinski definition) is 5. The van der Waals surface area contributed by atoms with Crippen LogP contribution in [0.3, 0.4) is 0 Å². The third-order valence-corrected chi connectivity index (χ3v) is 5.03. The first-order valence-corrected chi connectivity index (χ1v) is 10.6. The van der Waals surface area contributed by atoms with E-state index in [-0.39, 0.29) is 23.1 Å². The molecular formula is C19H21N3O5S. The zero-order valence-corrected chi connectivity index (χ0v) is 16.1. The van der Waals surface area contributed by atoms with Crippen molar-refractivity contribution in [2.75, 3.05) is 37.2 Å². The van der Waals surface area contributed by atoms with Gasteiger partial charge >= 0.3 is 0 Å². The Kier molecular flexibility index (Phi) is 5.55. The van der Waals surface area contributed by atoms with E-state index in [4.69, 9.17) is 0 Å². The Morgan fingerprint density at radius 3 is 1.96 bits per heavy atom. The van der Waals surface area contributed by atoms with E-state index in [2.05, 4.69) is 4.72 Å². The first-order chi connectivity index (χ1) is 13.2. The van der Waals surface area contributed by atoms with Crippen molar-refractivity contribution in [1.29, 1.82) is 0 Å². The average molecular weight is 403 g/mol. The van der Waals surface area contributed by atoms with Gasteiger partial charge in [0.25, 0.3) is 11.8 Å². The van der Waals surface area contributed by atoms with Gasteiger partial charge in [0.05, 0.1) is 11.8 Å². The monoisotopic (exact) mass is 403 g/mol. The van der Waals surface area contributed by atoms with Crippen LogP contribution in [0.25, 0.3) is 0 Å². The van der Waals surface area contributed by atoms with Crippen LogP contribution in [0.5, 0.6) is 5.75 Å². The number of anilines is 1. The standard InChI is InChI=1S/C19H21N3O5S/c1-28(26,27)20-15-8-6-14(7-9-15)18(24)21-10-12-22(13-11-21)19(25)16-4-2-3-5-17(16)23/h2-9,20,23H,10-13H2,1H3. The van der Waals surface area contributed by atoms with Gasteiger partial charge in [-0.05, 0) is 36.4 Å². The minimum absolute atomic E-state index is 0.0613. The second-order valence-corrected chi connectivity index (χ2v) is 8.30. The van der Waals surface area contributed by atoms with Crippen molar-refractivity contribution in [2.24, 2.45) is 0 Å². The summed E-state index contributed by atoms with van der Waals surface area (Å²) in [6, 6.07) is 12.6. The second-order valence-electron chi connectivity index (χ2n) is 6.55. The highest BCUT2D eigenvalue weighted by Crippen LogP contribution is 2.19. The Balaban J connectivity index is 1.61. The molecule has 1 saturated heterocycles. The van der Waals surface area contributed by atoms with Gasteiger partial charge in [0, 0.05) is 37.4 Å². The molecule has 1 heterocycles. The third-order valence-electron chi connectivity index (χ3n) is 4.42. The number of amides is 2. The van der Waals surface area contributed by atoms with Gasteiger partial charge in [0.15, 0.2) is 0 Å². The van der Waals surface area contributed by atoms with E-state index in [1.54, 1.807) is 40.1 Å². The summed E-state index contributed by atoms with van der Waals surface area (Å²) >= 11 is 0. The molecule has 2 aromatic carbocycles. The quantitative estimate of drug-likeness (QED) is 0.802. The number of aromatic hydroxyl groups is 1. The summed E-state index contributed by atoms with van der Waals surface area (Å²) in [4.78, 5) is 28.4. The van der Waals surface area contributed by atoms with Crippen LogP contribution in [0.4, 0.5) is 5.69 Å². The summed E-state index contributed by atoms with van der Waals surface area (Å²) in [5, 5.41) is 9.84. The highest BCUT2D eigenvalue weighted by atomic mass is 32.2. The van der Waals surface area contributed by atoms with Gasteiger partial charge in [0.2, 0.25) is 10.0 Å². The molecule has 3 rings (SSSR count). The summed E-state index contributed by atoms with van der Waals surface area (Å²) in [6.45, 7) is 1.49. The molecule has 0 aliphatic carbocycles. The lowest BCUT2D eigenvalue weighted by molar-refractivity contribution is 0.0533. The molecule has 0 atom stereocenters. The minimum Gasteiger partial charge on any atom is -0.507 e. The highest BCUT2D eigenvalue weighted by Gasteiger charge is 2.26. The van der Waals surface area contributed by atoms with E-state index in [9.17, 15) is 23.1 Å². The van der Waals surface area contributed by atoms with Crippen LogP contribution in [0.2, 0.25) is 0 Å². The van der Waals surface area contributed by atoms with Crippen LogP contribution in [0, 0.1) is 0 Å². The SMILES string of the molecule is CS(=O)(=O)Nc1ccc(C(=O)N2CCN(C(=O)c3ccccc3O)CC2)cc1. The van der Waals surface area contributed by atoms with Gasteiger partial charge in [-0.2, -0.15) is 0 Å². The van der Waals surface area contributed by atoms with Gasteiger partial charge in [-0.25, -0.2) is 8.42 Å². The molecule has 0 unspecified atom stereocenters. The molecule has 0 bridgehead atoms. The van der Waals surface area contributed by atoms with Crippen molar-refractivity contribution in [3.63, 3.8) is 0 Å². The normalized spacial score (nSPS) is 14.6. The van der Waals surface area contributed by atoms with Crippen LogP contribution in [-0.2, 0) is 10.0 Å². The lowest BCUT2D eigenvalue weighted by Gasteiger charge is -2.35. The minimum atomic E-state index is -3.37. The van der Waals surface area contributed by atoms with E-state index in [0.717, 1.165) is 6.26 Å². The molecule has 0 saturated carbocycles. The van der Waals surface area contributed by atoms with Crippen molar-refractivity contribution in [3.8, 4) is 5.75 Å². The van der Waals surface area contributed by atoms with Gasteiger partial charge in [0.1, 0.15) is 5.75 Å². The summed E-state index contributed by atoms with van der Waals surface area (Å²) in [5.74, 6) is -0.504. The number of phenolic OH excluding ortho intramolecular Hbond substituents is 1. The Hall–Kier alpha value is -3.07. The number of phenols is 1. The van der Waals surface area contributed by atoms with Gasteiger partial charge in [-0.3, -0.25) is 14.3 Å². The van der Waals surface area contributed by atoms with Crippen molar-refractivity contribution in [1.82, 2.24) is 9.80 Å². The van der Waals surface area contributed by atoms with Crippen molar-refractivity contribution < 1.29 is 23.1 Å². The molecule has 9 heteroatoms. The fraction of sp³-hybridized carbons (Fsp3) is 0.263. The average Bonchev–Trinajstić information content (AvgIpc) is 2.67. The van der Waals surface area contributed by atoms with Crippen LogP contribution in [-0.4, -0.2) is 67.6 Å². The second kappa shape index (κ2) is 7.89. The molecule has 28 heavy (non-hydrogen) atoms. The molecule has 148 valence electrons. The number of sulfonamides is 1. The predicted octanol–water partition coefficient (Wildman–Crippen LogP) is 1.36. The van der Waals surface area contributed by atoms with E-state index in [0.29, 0.717) is 37.4 Å². The first-order valence-electron chi connectivity index (χ1n) is 8.69. The molecule has 1 aliphatic rings. The van der Waals surface area contributed by atoms with E-state index >= 15 is 0 Å². The molecule has 0 aromatic heterocycles. The molecule has 0 spiro atoms. The van der Waals surface area contributed by atoms with Crippen molar-refractivity contribution in [3.05, 3.63) is 59.7 Å². The van der Waals surface area contributed by atoms with Gasteiger partial charge in [-0.15, -0.1) is 0 Å². The number of benzene rings is 2. The van der Waals surface area contributed by atoms with Gasteiger partial charge < -0.3 is 14.9 Å². The van der Waals surface area contributed by atoms with Gasteiger partial charge in [-0.1, -0.05) is 12.1 Å². The molecule has 1 aliphatic heterocycles. The number of para-hydroxylation sites is 1. The number of rotatable bonds is 4. The number of hydrogen-bond donors (Lipinski definition) is 2. The number of carbonyl (C=O) groups is 2. The highest BCUT2D eigenvalue weighted by molar-refractivity contribution is 7.92. The smallest absolute Gasteiger partial charge is 0.257 e. The third kappa shape index (κ3) is 4.61. The van der Waals surface area contributed by atoms with E-state index in [1.165, 1.54) is 18.2 Å². The largest absolute Gasteiger partial charge is 0.507 e. The Morgan fingerprint density at radius 2 is 1.43 bits per heavy atom. The maximum Gasteiger partial charge on any atom is 0.257 e. The molecule has 2 amide bonds.